The lowest BCUT2D eigenvalue weighted by Gasteiger charge is -2.09. The maximum atomic E-state index is 5.28. The zero-order valence-corrected chi connectivity index (χ0v) is 14.5. The van der Waals surface area contributed by atoms with Crippen LogP contribution < -0.4 is 10.7 Å². The summed E-state index contributed by atoms with van der Waals surface area (Å²) in [6.07, 6.45) is 0. The molecule has 3 aromatic carbocycles. The molecule has 0 saturated carbocycles. The molecule has 0 fully saturated rings. The molecule has 24 heavy (non-hydrogen) atoms. The second-order valence-corrected chi connectivity index (χ2v) is 6.10. The number of anilines is 1. The summed E-state index contributed by atoms with van der Waals surface area (Å²) in [7, 11) is 0. The molecule has 4 heteroatoms. The van der Waals surface area contributed by atoms with Gasteiger partial charge in [-0.1, -0.05) is 54.1 Å². The van der Waals surface area contributed by atoms with E-state index in [9.17, 15) is 0 Å². The average molecular weight is 333 g/mol. The largest absolute Gasteiger partial charge is 0.331 e. The molecule has 0 radical (unpaired) electrons. The number of hydrogen-bond donors (Lipinski definition) is 2. The third-order valence-electron chi connectivity index (χ3n) is 3.80. The third-order valence-corrected chi connectivity index (χ3v) is 4.00. The second-order valence-electron chi connectivity index (χ2n) is 5.69. The van der Waals surface area contributed by atoms with Crippen LogP contribution in [0.1, 0.15) is 18.1 Å². The summed E-state index contributed by atoms with van der Waals surface area (Å²) in [6.45, 7) is 4.02. The number of rotatable bonds is 3. The quantitative estimate of drug-likeness (QED) is 0.408. The lowest BCUT2D eigenvalue weighted by Crippen LogP contribution is -2.24. The van der Waals surface area contributed by atoms with Crippen LogP contribution in [-0.4, -0.2) is 10.8 Å². The highest BCUT2D eigenvalue weighted by atomic mass is 32.1. The van der Waals surface area contributed by atoms with Crippen molar-refractivity contribution in [1.29, 1.82) is 0 Å². The van der Waals surface area contributed by atoms with E-state index < -0.39 is 0 Å². The highest BCUT2D eigenvalue weighted by Gasteiger charge is 2.01. The Hall–Kier alpha value is -2.72. The molecular weight excluding hydrogens is 314 g/mol. The number of benzene rings is 3. The first-order valence-electron chi connectivity index (χ1n) is 7.79. The van der Waals surface area contributed by atoms with Gasteiger partial charge in [0, 0.05) is 5.69 Å². The molecule has 0 aliphatic rings. The Morgan fingerprint density at radius 1 is 0.917 bits per heavy atom. The van der Waals surface area contributed by atoms with E-state index in [1.54, 1.807) is 0 Å². The van der Waals surface area contributed by atoms with Crippen LogP contribution in [-0.2, 0) is 0 Å². The molecule has 2 N–H and O–H groups in total. The molecule has 0 unspecified atom stereocenters. The summed E-state index contributed by atoms with van der Waals surface area (Å²) in [5, 5.41) is 10.4. The van der Waals surface area contributed by atoms with Crippen LogP contribution in [0.4, 0.5) is 5.69 Å². The minimum Gasteiger partial charge on any atom is -0.331 e. The Kier molecular flexibility index (Phi) is 4.87. The van der Waals surface area contributed by atoms with E-state index in [-0.39, 0.29) is 0 Å². The first kappa shape index (κ1) is 16.1. The zero-order valence-electron chi connectivity index (χ0n) is 13.7. The maximum Gasteiger partial charge on any atom is 0.191 e. The van der Waals surface area contributed by atoms with Crippen LogP contribution in [0.3, 0.4) is 0 Å². The van der Waals surface area contributed by atoms with Crippen molar-refractivity contribution in [2.24, 2.45) is 5.10 Å². The van der Waals surface area contributed by atoms with E-state index in [0.29, 0.717) is 5.11 Å². The second kappa shape index (κ2) is 7.23. The number of thiocarbonyl (C=S) groups is 1. The molecule has 3 aromatic rings. The summed E-state index contributed by atoms with van der Waals surface area (Å²) in [6, 6.07) is 22.6. The highest BCUT2D eigenvalue weighted by molar-refractivity contribution is 7.80. The highest BCUT2D eigenvalue weighted by Crippen LogP contribution is 2.16. The van der Waals surface area contributed by atoms with Crippen molar-refractivity contribution in [2.45, 2.75) is 13.8 Å². The summed E-state index contributed by atoms with van der Waals surface area (Å²) in [5.41, 5.74) is 7.01. The van der Waals surface area contributed by atoms with E-state index in [0.717, 1.165) is 17.0 Å². The van der Waals surface area contributed by atoms with Gasteiger partial charge < -0.3 is 5.32 Å². The number of hydrogen-bond acceptors (Lipinski definition) is 2. The molecule has 0 atom stereocenters. The van der Waals surface area contributed by atoms with Gasteiger partial charge in [-0.25, -0.2) is 0 Å². The van der Waals surface area contributed by atoms with Gasteiger partial charge >= 0.3 is 0 Å². The minimum atomic E-state index is 0.471. The van der Waals surface area contributed by atoms with E-state index in [4.69, 9.17) is 12.2 Å². The van der Waals surface area contributed by atoms with Crippen LogP contribution >= 0.6 is 12.2 Å². The fraction of sp³-hybridized carbons (Fsp3) is 0.100. The van der Waals surface area contributed by atoms with E-state index >= 15 is 0 Å². The van der Waals surface area contributed by atoms with Gasteiger partial charge in [0.2, 0.25) is 0 Å². The zero-order chi connectivity index (χ0) is 16.9. The molecule has 0 aliphatic heterocycles. The summed E-state index contributed by atoms with van der Waals surface area (Å²) in [4.78, 5) is 0. The van der Waals surface area contributed by atoms with Gasteiger partial charge in [-0.05, 0) is 60.6 Å². The fourth-order valence-corrected chi connectivity index (χ4v) is 2.57. The molecule has 0 spiro atoms. The van der Waals surface area contributed by atoms with Gasteiger partial charge in [0.25, 0.3) is 0 Å². The van der Waals surface area contributed by atoms with Gasteiger partial charge in [-0.3, -0.25) is 5.43 Å². The Labute approximate surface area is 147 Å². The predicted molar refractivity (Wildman–Crippen MR) is 107 cm³/mol. The Balaban J connectivity index is 1.68. The lowest BCUT2D eigenvalue weighted by molar-refractivity contribution is 1.04. The smallest absolute Gasteiger partial charge is 0.191 e. The van der Waals surface area contributed by atoms with E-state index in [1.165, 1.54) is 16.3 Å². The molecule has 0 bridgehead atoms. The van der Waals surface area contributed by atoms with Gasteiger partial charge in [0.1, 0.15) is 0 Å². The Morgan fingerprint density at radius 2 is 1.62 bits per heavy atom. The SMILES string of the molecule is CC(=NNC(=S)Nc1ccc(C)cc1)c1ccc2ccccc2c1. The predicted octanol–water partition coefficient (Wildman–Crippen LogP) is 4.86. The molecule has 0 aromatic heterocycles. The lowest BCUT2D eigenvalue weighted by atomic mass is 10.0. The van der Waals surface area contributed by atoms with Gasteiger partial charge in [0.15, 0.2) is 5.11 Å². The van der Waals surface area contributed by atoms with Crippen LogP contribution in [0.2, 0.25) is 0 Å². The van der Waals surface area contributed by atoms with Crippen molar-refractivity contribution in [3.63, 3.8) is 0 Å². The van der Waals surface area contributed by atoms with Gasteiger partial charge in [0.05, 0.1) is 5.71 Å². The Bertz CT molecular complexity index is 898. The maximum absolute atomic E-state index is 5.28. The van der Waals surface area contributed by atoms with Crippen molar-refractivity contribution in [3.05, 3.63) is 77.9 Å². The fourth-order valence-electron chi connectivity index (χ4n) is 2.41. The van der Waals surface area contributed by atoms with Crippen LogP contribution in [0.25, 0.3) is 10.8 Å². The first-order chi connectivity index (χ1) is 11.6. The third kappa shape index (κ3) is 3.97. The molecular formula is C20H19N3S. The summed E-state index contributed by atoms with van der Waals surface area (Å²) < 4.78 is 0. The van der Waals surface area contributed by atoms with Crippen molar-refractivity contribution in [3.8, 4) is 0 Å². The standard InChI is InChI=1S/C20H19N3S/c1-14-7-11-19(12-8-14)21-20(24)23-22-15(2)17-10-9-16-5-3-4-6-18(16)13-17/h3-13H,1-2H3,(H2,21,23,24). The van der Waals surface area contributed by atoms with E-state index in [2.05, 4.69) is 53.1 Å². The van der Waals surface area contributed by atoms with Crippen LogP contribution in [0, 0.1) is 6.92 Å². The monoisotopic (exact) mass is 333 g/mol. The minimum absolute atomic E-state index is 0.471. The Morgan fingerprint density at radius 3 is 2.38 bits per heavy atom. The number of nitrogens with zero attached hydrogens (tertiary/aromatic N) is 1. The van der Waals surface area contributed by atoms with E-state index in [1.807, 2.05) is 43.3 Å². The number of aryl methyl sites for hydroxylation is 1. The van der Waals surface area contributed by atoms with Gasteiger partial charge in [-0.2, -0.15) is 5.10 Å². The van der Waals surface area contributed by atoms with Crippen molar-refractivity contribution >= 4 is 39.5 Å². The molecule has 0 aliphatic carbocycles. The number of nitrogens with one attached hydrogen (secondary N) is 2. The molecule has 0 amide bonds. The molecule has 3 rings (SSSR count). The molecule has 0 saturated heterocycles. The van der Waals surface area contributed by atoms with Crippen LogP contribution in [0.5, 0.6) is 0 Å². The van der Waals surface area contributed by atoms with Gasteiger partial charge in [-0.15, -0.1) is 0 Å². The molecule has 0 heterocycles. The topological polar surface area (TPSA) is 36.4 Å². The molecule has 3 nitrogen and oxygen atoms in total. The first-order valence-corrected chi connectivity index (χ1v) is 8.20. The van der Waals surface area contributed by atoms with Crippen LogP contribution in [0.15, 0.2) is 71.8 Å². The summed E-state index contributed by atoms with van der Waals surface area (Å²) >= 11 is 5.28. The van der Waals surface area contributed by atoms with Crippen molar-refractivity contribution in [2.75, 3.05) is 5.32 Å². The van der Waals surface area contributed by atoms with Crippen molar-refractivity contribution in [1.82, 2.24) is 5.43 Å². The average Bonchev–Trinajstić information content (AvgIpc) is 2.61. The number of fused-ring (bicyclic) bond motifs is 1. The normalized spacial score (nSPS) is 11.3. The summed E-state index contributed by atoms with van der Waals surface area (Å²) in [5.74, 6) is 0. The van der Waals surface area contributed by atoms with Crippen molar-refractivity contribution < 1.29 is 0 Å². The number of hydrazone groups is 1. The molecule has 120 valence electrons.